The fraction of sp³-hybridized carbons (Fsp3) is 0.235. The van der Waals surface area contributed by atoms with Gasteiger partial charge in [0.2, 0.25) is 5.28 Å². The summed E-state index contributed by atoms with van der Waals surface area (Å²) in [4.78, 5) is 14.2. The van der Waals surface area contributed by atoms with Gasteiger partial charge in [-0.05, 0) is 35.9 Å². The van der Waals surface area contributed by atoms with Gasteiger partial charge in [-0.1, -0.05) is 6.07 Å². The van der Waals surface area contributed by atoms with E-state index in [0.717, 1.165) is 35.4 Å². The molecule has 1 aliphatic rings. The molecule has 3 aromatic rings. The van der Waals surface area contributed by atoms with Gasteiger partial charge in [0.25, 0.3) is 0 Å². The molecule has 2 aromatic heterocycles. The van der Waals surface area contributed by atoms with Crippen LogP contribution in [0.2, 0.25) is 5.28 Å². The van der Waals surface area contributed by atoms with Crippen molar-refractivity contribution in [2.24, 2.45) is 0 Å². The zero-order chi connectivity index (χ0) is 16.5. The van der Waals surface area contributed by atoms with Gasteiger partial charge in [0.1, 0.15) is 11.6 Å². The van der Waals surface area contributed by atoms with Crippen LogP contribution >= 0.6 is 11.6 Å². The average molecular weight is 341 g/mol. The first-order valence-corrected chi connectivity index (χ1v) is 7.90. The molecular formula is C17H13ClN4O2. The summed E-state index contributed by atoms with van der Waals surface area (Å²) in [6, 6.07) is 9.24. The summed E-state index contributed by atoms with van der Waals surface area (Å²) in [5, 5.41) is 1.14. The molecule has 0 aliphatic carbocycles. The monoisotopic (exact) mass is 340 g/mol. The third-order valence-corrected chi connectivity index (χ3v) is 4.12. The van der Waals surface area contributed by atoms with Gasteiger partial charge < -0.3 is 14.1 Å². The van der Waals surface area contributed by atoms with E-state index in [2.05, 4.69) is 19.7 Å². The van der Waals surface area contributed by atoms with Crippen LogP contribution < -0.4 is 4.90 Å². The van der Waals surface area contributed by atoms with Gasteiger partial charge in [-0.3, -0.25) is 0 Å². The molecule has 1 fully saturated rings. The number of aromatic nitrogens is 2. The van der Waals surface area contributed by atoms with Crippen molar-refractivity contribution in [3.63, 3.8) is 0 Å². The van der Waals surface area contributed by atoms with Crippen LogP contribution in [-0.2, 0) is 4.74 Å². The molecule has 0 N–H and O–H groups in total. The van der Waals surface area contributed by atoms with Crippen LogP contribution in [0.15, 0.2) is 34.7 Å². The normalized spacial score (nSPS) is 14.8. The Kier molecular flexibility index (Phi) is 3.81. The lowest BCUT2D eigenvalue weighted by Gasteiger charge is -2.28. The third-order valence-electron chi connectivity index (χ3n) is 3.95. The Hall–Kier alpha value is -2.62. The van der Waals surface area contributed by atoms with Gasteiger partial charge in [0.15, 0.2) is 0 Å². The zero-order valence-corrected chi connectivity index (χ0v) is 13.5. The minimum atomic E-state index is 0.211. The first-order chi connectivity index (χ1) is 11.7. The molecule has 24 heavy (non-hydrogen) atoms. The molecule has 0 amide bonds. The van der Waals surface area contributed by atoms with Gasteiger partial charge in [0, 0.05) is 24.0 Å². The summed E-state index contributed by atoms with van der Waals surface area (Å²) in [6.07, 6.45) is 0. The van der Waals surface area contributed by atoms with Gasteiger partial charge >= 0.3 is 5.88 Å². The maximum absolute atomic E-state index is 7.00. The Balaban J connectivity index is 1.81. The van der Waals surface area contributed by atoms with Crippen molar-refractivity contribution < 1.29 is 9.15 Å². The van der Waals surface area contributed by atoms with Crippen molar-refractivity contribution in [1.82, 2.24) is 9.97 Å². The first kappa shape index (κ1) is 14.9. The second-order valence-corrected chi connectivity index (χ2v) is 5.74. The van der Waals surface area contributed by atoms with Crippen molar-refractivity contribution in [3.05, 3.63) is 47.0 Å². The van der Waals surface area contributed by atoms with E-state index in [9.17, 15) is 0 Å². The number of anilines is 1. The van der Waals surface area contributed by atoms with Crippen LogP contribution in [0.1, 0.15) is 0 Å². The summed E-state index contributed by atoms with van der Waals surface area (Å²) in [5.41, 5.74) is 1.59. The van der Waals surface area contributed by atoms with Gasteiger partial charge in [-0.15, -0.1) is 0 Å². The van der Waals surface area contributed by atoms with Crippen molar-refractivity contribution >= 4 is 34.2 Å². The smallest absolute Gasteiger partial charge is 0.346 e. The number of morpholine rings is 1. The van der Waals surface area contributed by atoms with Crippen LogP contribution in [-0.4, -0.2) is 36.3 Å². The highest BCUT2D eigenvalue weighted by atomic mass is 35.5. The Morgan fingerprint density at radius 2 is 1.96 bits per heavy atom. The van der Waals surface area contributed by atoms with Crippen LogP contribution in [0.25, 0.3) is 27.1 Å². The summed E-state index contributed by atoms with van der Waals surface area (Å²) < 4.78 is 10.9. The van der Waals surface area contributed by atoms with Crippen molar-refractivity contribution in [3.8, 4) is 11.3 Å². The lowest BCUT2D eigenvalue weighted by molar-refractivity contribution is 0.122. The van der Waals surface area contributed by atoms with Crippen LogP contribution in [0.4, 0.5) is 11.7 Å². The number of furan rings is 1. The van der Waals surface area contributed by atoms with E-state index in [1.807, 2.05) is 18.2 Å². The summed E-state index contributed by atoms with van der Waals surface area (Å²) in [6.45, 7) is 9.89. The fourth-order valence-electron chi connectivity index (χ4n) is 2.80. The van der Waals surface area contributed by atoms with E-state index >= 15 is 0 Å². The quantitative estimate of drug-likeness (QED) is 0.522. The second-order valence-electron chi connectivity index (χ2n) is 5.40. The van der Waals surface area contributed by atoms with E-state index in [1.165, 1.54) is 0 Å². The second kappa shape index (κ2) is 6.11. The predicted molar refractivity (Wildman–Crippen MR) is 91.5 cm³/mol. The molecule has 0 unspecified atom stereocenters. The highest BCUT2D eigenvalue weighted by Crippen LogP contribution is 2.32. The lowest BCUT2D eigenvalue weighted by Crippen LogP contribution is -2.37. The van der Waals surface area contributed by atoms with Crippen LogP contribution in [0.3, 0.4) is 0 Å². The van der Waals surface area contributed by atoms with Gasteiger partial charge in [-0.25, -0.2) is 4.98 Å². The number of hydrogen-bond donors (Lipinski definition) is 0. The van der Waals surface area contributed by atoms with E-state index < -0.39 is 0 Å². The number of nitrogens with zero attached hydrogens (tertiary/aromatic N) is 4. The largest absolute Gasteiger partial charge is 0.480 e. The molecule has 3 heterocycles. The molecular weight excluding hydrogens is 328 g/mol. The molecule has 120 valence electrons. The van der Waals surface area contributed by atoms with Gasteiger partial charge in [-0.2, -0.15) is 9.83 Å². The van der Waals surface area contributed by atoms with Gasteiger partial charge in [0.05, 0.1) is 25.3 Å². The summed E-state index contributed by atoms with van der Waals surface area (Å²) >= 11 is 6.12. The predicted octanol–water partition coefficient (Wildman–Crippen LogP) is 3.93. The number of fused-ring (bicyclic) bond motifs is 1. The van der Waals surface area contributed by atoms with Crippen LogP contribution in [0.5, 0.6) is 0 Å². The highest BCUT2D eigenvalue weighted by molar-refractivity contribution is 6.28. The van der Waals surface area contributed by atoms with E-state index in [4.69, 9.17) is 27.3 Å². The molecule has 0 atom stereocenters. The van der Waals surface area contributed by atoms with Crippen molar-refractivity contribution in [2.45, 2.75) is 0 Å². The molecule has 0 bridgehead atoms. The van der Waals surface area contributed by atoms with Crippen molar-refractivity contribution in [1.29, 1.82) is 0 Å². The summed E-state index contributed by atoms with van der Waals surface area (Å²) in [5.74, 6) is 1.71. The van der Waals surface area contributed by atoms with Crippen LogP contribution in [0, 0.1) is 6.57 Å². The van der Waals surface area contributed by atoms with E-state index in [1.54, 1.807) is 12.1 Å². The van der Waals surface area contributed by atoms with E-state index in [0.29, 0.717) is 19.0 Å². The molecule has 1 saturated heterocycles. The molecule has 0 saturated carbocycles. The summed E-state index contributed by atoms with van der Waals surface area (Å²) in [7, 11) is 0. The standard InChI is InChI=1S/C17H13ClN4O2/c1-19-15-5-4-14(24-15)11-2-3-12-13(10-11)20-17(18)21-16(12)22-6-8-23-9-7-22/h2-5,10H,6-9H2. The minimum absolute atomic E-state index is 0.211. The Morgan fingerprint density at radius 3 is 2.71 bits per heavy atom. The Labute approximate surface area is 143 Å². The molecule has 6 nitrogen and oxygen atoms in total. The van der Waals surface area contributed by atoms with Crippen molar-refractivity contribution in [2.75, 3.05) is 31.2 Å². The molecule has 7 heteroatoms. The fourth-order valence-corrected chi connectivity index (χ4v) is 2.97. The first-order valence-electron chi connectivity index (χ1n) is 7.52. The Bertz CT molecular complexity index is 941. The molecule has 4 rings (SSSR count). The number of halogens is 1. The SMILES string of the molecule is [C-]#[N+]c1ccc(-c2ccc3c(N4CCOCC4)nc(Cl)nc3c2)o1. The number of rotatable bonds is 2. The maximum Gasteiger partial charge on any atom is 0.346 e. The molecule has 0 radical (unpaired) electrons. The lowest BCUT2D eigenvalue weighted by atomic mass is 10.1. The zero-order valence-electron chi connectivity index (χ0n) is 12.7. The number of hydrogen-bond acceptors (Lipinski definition) is 5. The number of ether oxygens (including phenoxy) is 1. The Morgan fingerprint density at radius 1 is 1.12 bits per heavy atom. The molecule has 1 aliphatic heterocycles. The number of benzene rings is 1. The highest BCUT2D eigenvalue weighted by Gasteiger charge is 2.17. The molecule has 1 aromatic carbocycles. The minimum Gasteiger partial charge on any atom is -0.480 e. The maximum atomic E-state index is 7.00. The average Bonchev–Trinajstić information content (AvgIpc) is 3.10. The topological polar surface area (TPSA) is 55.8 Å². The van der Waals surface area contributed by atoms with E-state index in [-0.39, 0.29) is 11.2 Å². The third kappa shape index (κ3) is 2.68. The molecule has 0 spiro atoms.